The maximum Gasteiger partial charge on any atom is 0.252 e. The summed E-state index contributed by atoms with van der Waals surface area (Å²) in [5.41, 5.74) is 1.58. The lowest BCUT2D eigenvalue weighted by molar-refractivity contribution is 0.0954. The topological polar surface area (TPSA) is 47.6 Å². The van der Waals surface area contributed by atoms with Crippen molar-refractivity contribution in [1.29, 1.82) is 0 Å². The van der Waals surface area contributed by atoms with Gasteiger partial charge in [-0.2, -0.15) is 0 Å². The molecule has 0 atom stereocenters. The van der Waals surface area contributed by atoms with Crippen LogP contribution in [0.3, 0.4) is 0 Å². The zero-order valence-electron chi connectivity index (χ0n) is 12.7. The number of amides is 1. The lowest BCUT2D eigenvalue weighted by Crippen LogP contribution is -2.25. The van der Waals surface area contributed by atoms with Gasteiger partial charge in [-0.3, -0.25) is 4.79 Å². The summed E-state index contributed by atoms with van der Waals surface area (Å²) in [6.45, 7) is 1.88. The molecule has 0 spiro atoms. The molecule has 1 aliphatic heterocycles. The van der Waals surface area contributed by atoms with Crippen molar-refractivity contribution in [3.05, 3.63) is 58.6 Å². The average molecular weight is 332 g/mol. The molecular weight excluding hydrogens is 314 g/mol. The minimum absolute atomic E-state index is 0.162. The number of benzene rings is 2. The standard InChI is InChI=1S/C18H18ClNO3/c19-15-5-2-1-4-14(15)18(21)20-9-8-13-6-7-16-17(12-13)23-11-3-10-22-16/h1-2,4-7,12H,3,8-11H2,(H,20,21). The Labute approximate surface area is 140 Å². The van der Waals surface area contributed by atoms with Gasteiger partial charge in [0.25, 0.3) is 5.91 Å². The summed E-state index contributed by atoms with van der Waals surface area (Å²) in [5, 5.41) is 3.34. The lowest BCUT2D eigenvalue weighted by Gasteiger charge is -2.10. The van der Waals surface area contributed by atoms with Gasteiger partial charge in [0, 0.05) is 13.0 Å². The van der Waals surface area contributed by atoms with Crippen LogP contribution in [0.15, 0.2) is 42.5 Å². The van der Waals surface area contributed by atoms with Gasteiger partial charge in [-0.15, -0.1) is 0 Å². The van der Waals surface area contributed by atoms with E-state index in [4.69, 9.17) is 21.1 Å². The molecule has 0 fully saturated rings. The van der Waals surface area contributed by atoms with E-state index in [0.717, 1.165) is 23.5 Å². The Morgan fingerprint density at radius 3 is 2.70 bits per heavy atom. The number of carbonyl (C=O) groups excluding carboxylic acids is 1. The SMILES string of the molecule is O=C(NCCc1ccc2c(c1)OCCCO2)c1ccccc1Cl. The van der Waals surface area contributed by atoms with Crippen LogP contribution in [-0.2, 0) is 6.42 Å². The molecule has 1 N–H and O–H groups in total. The number of ether oxygens (including phenoxy) is 2. The van der Waals surface area contributed by atoms with E-state index in [0.29, 0.717) is 36.8 Å². The largest absolute Gasteiger partial charge is 0.490 e. The van der Waals surface area contributed by atoms with Crippen molar-refractivity contribution < 1.29 is 14.3 Å². The molecule has 0 radical (unpaired) electrons. The highest BCUT2D eigenvalue weighted by Gasteiger charge is 2.11. The van der Waals surface area contributed by atoms with E-state index in [9.17, 15) is 4.79 Å². The van der Waals surface area contributed by atoms with Crippen molar-refractivity contribution in [3.8, 4) is 11.5 Å². The molecule has 1 amide bonds. The minimum atomic E-state index is -0.162. The predicted molar refractivity (Wildman–Crippen MR) is 89.5 cm³/mol. The molecule has 5 heteroatoms. The van der Waals surface area contributed by atoms with Gasteiger partial charge >= 0.3 is 0 Å². The summed E-state index contributed by atoms with van der Waals surface area (Å²) in [5.74, 6) is 1.40. The summed E-state index contributed by atoms with van der Waals surface area (Å²) in [6, 6.07) is 12.9. The normalized spacial score (nSPS) is 13.3. The molecule has 2 aromatic rings. The maximum absolute atomic E-state index is 12.1. The molecule has 0 saturated carbocycles. The van der Waals surface area contributed by atoms with E-state index in [1.807, 2.05) is 18.2 Å². The van der Waals surface area contributed by atoms with Gasteiger partial charge in [0.05, 0.1) is 23.8 Å². The highest BCUT2D eigenvalue weighted by atomic mass is 35.5. The second kappa shape index (κ2) is 7.38. The van der Waals surface area contributed by atoms with E-state index in [-0.39, 0.29) is 5.91 Å². The van der Waals surface area contributed by atoms with Crippen LogP contribution in [0.5, 0.6) is 11.5 Å². The third-order valence-electron chi connectivity index (χ3n) is 3.63. The monoisotopic (exact) mass is 331 g/mol. The van der Waals surface area contributed by atoms with Crippen LogP contribution < -0.4 is 14.8 Å². The summed E-state index contributed by atoms with van der Waals surface area (Å²) in [7, 11) is 0. The molecule has 4 nitrogen and oxygen atoms in total. The molecule has 1 aliphatic rings. The second-order valence-electron chi connectivity index (χ2n) is 5.32. The first kappa shape index (κ1) is 15.7. The van der Waals surface area contributed by atoms with Crippen molar-refractivity contribution >= 4 is 17.5 Å². The van der Waals surface area contributed by atoms with Gasteiger partial charge in [-0.1, -0.05) is 29.8 Å². The molecule has 1 heterocycles. The van der Waals surface area contributed by atoms with Gasteiger partial charge in [-0.05, 0) is 36.2 Å². The van der Waals surface area contributed by atoms with Crippen molar-refractivity contribution in [2.24, 2.45) is 0 Å². The fraction of sp³-hybridized carbons (Fsp3) is 0.278. The van der Waals surface area contributed by atoms with Crippen molar-refractivity contribution in [2.45, 2.75) is 12.8 Å². The molecule has 120 valence electrons. The Bertz CT molecular complexity index is 702. The third-order valence-corrected chi connectivity index (χ3v) is 3.96. The van der Waals surface area contributed by atoms with Gasteiger partial charge < -0.3 is 14.8 Å². The molecule has 0 aromatic heterocycles. The zero-order chi connectivity index (χ0) is 16.1. The Morgan fingerprint density at radius 1 is 1.09 bits per heavy atom. The molecular formula is C18H18ClNO3. The molecule has 0 bridgehead atoms. The van der Waals surface area contributed by atoms with Crippen LogP contribution >= 0.6 is 11.6 Å². The van der Waals surface area contributed by atoms with Gasteiger partial charge in [0.1, 0.15) is 0 Å². The number of carbonyl (C=O) groups is 1. The number of rotatable bonds is 4. The first-order chi connectivity index (χ1) is 11.2. The Hall–Kier alpha value is -2.20. The smallest absolute Gasteiger partial charge is 0.252 e. The van der Waals surface area contributed by atoms with E-state index in [1.165, 1.54) is 0 Å². The van der Waals surface area contributed by atoms with Crippen LogP contribution in [0.2, 0.25) is 5.02 Å². The van der Waals surface area contributed by atoms with Crippen LogP contribution in [-0.4, -0.2) is 25.7 Å². The van der Waals surface area contributed by atoms with Crippen molar-refractivity contribution in [1.82, 2.24) is 5.32 Å². The lowest BCUT2D eigenvalue weighted by atomic mass is 10.1. The average Bonchev–Trinajstić information content (AvgIpc) is 2.80. The highest BCUT2D eigenvalue weighted by molar-refractivity contribution is 6.33. The van der Waals surface area contributed by atoms with E-state index >= 15 is 0 Å². The summed E-state index contributed by atoms with van der Waals surface area (Å²) < 4.78 is 11.3. The predicted octanol–water partition coefficient (Wildman–Crippen LogP) is 3.47. The van der Waals surface area contributed by atoms with E-state index in [1.54, 1.807) is 24.3 Å². The van der Waals surface area contributed by atoms with Gasteiger partial charge in [0.15, 0.2) is 11.5 Å². The number of fused-ring (bicyclic) bond motifs is 1. The third kappa shape index (κ3) is 3.96. The number of hydrogen-bond donors (Lipinski definition) is 1. The van der Waals surface area contributed by atoms with Crippen LogP contribution in [0.4, 0.5) is 0 Å². The van der Waals surface area contributed by atoms with Crippen molar-refractivity contribution in [2.75, 3.05) is 19.8 Å². The molecule has 0 saturated heterocycles. The fourth-order valence-electron chi connectivity index (χ4n) is 2.42. The number of hydrogen-bond acceptors (Lipinski definition) is 3. The molecule has 23 heavy (non-hydrogen) atoms. The van der Waals surface area contributed by atoms with Crippen LogP contribution in [0.1, 0.15) is 22.3 Å². The van der Waals surface area contributed by atoms with E-state index in [2.05, 4.69) is 5.32 Å². The number of nitrogens with one attached hydrogen (secondary N) is 1. The quantitative estimate of drug-likeness (QED) is 0.933. The summed E-state index contributed by atoms with van der Waals surface area (Å²) in [6.07, 6.45) is 1.60. The van der Waals surface area contributed by atoms with Crippen molar-refractivity contribution in [3.63, 3.8) is 0 Å². The van der Waals surface area contributed by atoms with Gasteiger partial charge in [0.2, 0.25) is 0 Å². The highest BCUT2D eigenvalue weighted by Crippen LogP contribution is 2.30. The maximum atomic E-state index is 12.1. The van der Waals surface area contributed by atoms with Crippen LogP contribution in [0.25, 0.3) is 0 Å². The molecule has 2 aromatic carbocycles. The Balaban J connectivity index is 1.58. The van der Waals surface area contributed by atoms with E-state index < -0.39 is 0 Å². The molecule has 0 aliphatic carbocycles. The summed E-state index contributed by atoms with van der Waals surface area (Å²) in [4.78, 5) is 12.1. The van der Waals surface area contributed by atoms with Gasteiger partial charge in [-0.25, -0.2) is 0 Å². The summed E-state index contributed by atoms with van der Waals surface area (Å²) >= 11 is 6.02. The van der Waals surface area contributed by atoms with Crippen LogP contribution in [0, 0.1) is 0 Å². The first-order valence-corrected chi connectivity index (χ1v) is 8.03. The molecule has 3 rings (SSSR count). The zero-order valence-corrected chi connectivity index (χ0v) is 13.4. The molecule has 0 unspecified atom stereocenters. The minimum Gasteiger partial charge on any atom is -0.490 e. The Morgan fingerprint density at radius 2 is 1.87 bits per heavy atom. The first-order valence-electron chi connectivity index (χ1n) is 7.65. The Kier molecular flexibility index (Phi) is 5.03. The second-order valence-corrected chi connectivity index (χ2v) is 5.72. The fourth-order valence-corrected chi connectivity index (χ4v) is 2.65. The number of halogens is 1.